The van der Waals surface area contributed by atoms with Gasteiger partial charge in [-0.25, -0.2) is 13.4 Å². The smallest absolute Gasteiger partial charge is 0.261 e. The van der Waals surface area contributed by atoms with Gasteiger partial charge in [0.2, 0.25) is 10.0 Å². The van der Waals surface area contributed by atoms with Gasteiger partial charge >= 0.3 is 0 Å². The molecule has 0 radical (unpaired) electrons. The number of sulfonamides is 1. The molecule has 0 saturated heterocycles. The van der Waals surface area contributed by atoms with Crippen LogP contribution in [0.15, 0.2) is 58.2 Å². The number of hydrogen-bond acceptors (Lipinski definition) is 5. The molecule has 1 unspecified atom stereocenters. The Bertz CT molecular complexity index is 1200. The molecule has 0 bridgehead atoms. The van der Waals surface area contributed by atoms with Gasteiger partial charge in [0.1, 0.15) is 5.82 Å². The van der Waals surface area contributed by atoms with Crippen LogP contribution in [0.1, 0.15) is 25.2 Å². The molecule has 0 aliphatic heterocycles. The van der Waals surface area contributed by atoms with Gasteiger partial charge in [-0.1, -0.05) is 29.8 Å². The highest BCUT2D eigenvalue weighted by Gasteiger charge is 2.32. The predicted molar refractivity (Wildman–Crippen MR) is 117 cm³/mol. The van der Waals surface area contributed by atoms with Crippen LogP contribution in [-0.4, -0.2) is 42.5 Å². The van der Waals surface area contributed by atoms with Gasteiger partial charge in [0.15, 0.2) is 0 Å². The maximum atomic E-state index is 13.4. The van der Waals surface area contributed by atoms with Gasteiger partial charge < -0.3 is 4.74 Å². The number of methoxy groups -OCH3 is 1. The van der Waals surface area contributed by atoms with Crippen LogP contribution in [0.2, 0.25) is 5.02 Å². The molecule has 9 heteroatoms. The van der Waals surface area contributed by atoms with Crippen molar-refractivity contribution in [2.24, 2.45) is 7.05 Å². The highest BCUT2D eigenvalue weighted by atomic mass is 35.5. The highest BCUT2D eigenvalue weighted by Crippen LogP contribution is 2.27. The number of halogens is 1. The zero-order valence-corrected chi connectivity index (χ0v) is 18.7. The van der Waals surface area contributed by atoms with Gasteiger partial charge in [0.25, 0.3) is 5.56 Å². The SMILES string of the molecule is COCCCN(C(C)c1nc2cc(Cl)ccc2c(=O)n1C)S(=O)(=O)c1ccccc1. The lowest BCUT2D eigenvalue weighted by atomic mass is 10.2. The monoisotopic (exact) mass is 449 g/mol. The Morgan fingerprint density at radius 2 is 1.90 bits per heavy atom. The van der Waals surface area contributed by atoms with Crippen LogP contribution in [-0.2, 0) is 21.8 Å². The predicted octanol–water partition coefficient (Wildman–Crippen LogP) is 3.38. The molecule has 0 aliphatic rings. The largest absolute Gasteiger partial charge is 0.385 e. The van der Waals surface area contributed by atoms with Gasteiger partial charge in [-0.3, -0.25) is 9.36 Å². The zero-order valence-electron chi connectivity index (χ0n) is 17.1. The van der Waals surface area contributed by atoms with E-state index in [1.807, 2.05) is 0 Å². The number of hydrogen-bond donors (Lipinski definition) is 0. The van der Waals surface area contributed by atoms with E-state index in [4.69, 9.17) is 16.3 Å². The minimum Gasteiger partial charge on any atom is -0.385 e. The van der Waals surface area contributed by atoms with E-state index in [9.17, 15) is 13.2 Å². The fourth-order valence-corrected chi connectivity index (χ4v) is 5.20. The van der Waals surface area contributed by atoms with Crippen LogP contribution in [0, 0.1) is 0 Å². The minimum atomic E-state index is -3.82. The minimum absolute atomic E-state index is 0.183. The van der Waals surface area contributed by atoms with Gasteiger partial charge in [0, 0.05) is 32.3 Å². The van der Waals surface area contributed by atoms with E-state index in [0.717, 1.165) is 0 Å². The normalized spacial score (nSPS) is 13.1. The molecule has 1 aromatic heterocycles. The molecule has 30 heavy (non-hydrogen) atoms. The summed E-state index contributed by atoms with van der Waals surface area (Å²) in [5, 5.41) is 0.880. The first-order chi connectivity index (χ1) is 14.3. The molecule has 1 atom stereocenters. The van der Waals surface area contributed by atoms with Crippen molar-refractivity contribution in [2.75, 3.05) is 20.3 Å². The van der Waals surface area contributed by atoms with Crippen LogP contribution in [0.25, 0.3) is 10.9 Å². The van der Waals surface area contributed by atoms with E-state index in [1.165, 1.54) is 8.87 Å². The summed E-state index contributed by atoms with van der Waals surface area (Å²) in [6, 6.07) is 12.4. The Balaban J connectivity index is 2.12. The molecule has 3 rings (SSSR count). The van der Waals surface area contributed by atoms with Crippen LogP contribution in [0.3, 0.4) is 0 Å². The Hall–Kier alpha value is -2.26. The van der Waals surface area contributed by atoms with Crippen LogP contribution in [0.5, 0.6) is 0 Å². The van der Waals surface area contributed by atoms with E-state index in [1.54, 1.807) is 69.6 Å². The second kappa shape index (κ2) is 9.26. The van der Waals surface area contributed by atoms with Gasteiger partial charge in [-0.15, -0.1) is 0 Å². The first-order valence-corrected chi connectivity index (χ1v) is 11.3. The molecular formula is C21H24ClN3O4S. The summed E-state index contributed by atoms with van der Waals surface area (Å²) in [4.78, 5) is 17.6. The van der Waals surface area contributed by atoms with Crippen molar-refractivity contribution < 1.29 is 13.2 Å². The number of benzene rings is 2. The van der Waals surface area contributed by atoms with Crippen molar-refractivity contribution in [2.45, 2.75) is 24.3 Å². The van der Waals surface area contributed by atoms with Gasteiger partial charge in [-0.2, -0.15) is 4.31 Å². The topological polar surface area (TPSA) is 81.5 Å². The molecule has 2 aromatic carbocycles. The average Bonchev–Trinajstić information content (AvgIpc) is 2.73. The second-order valence-corrected chi connectivity index (χ2v) is 9.27. The molecule has 0 N–H and O–H groups in total. The van der Waals surface area contributed by atoms with E-state index in [2.05, 4.69) is 4.98 Å². The van der Waals surface area contributed by atoms with E-state index in [0.29, 0.717) is 34.8 Å². The molecular weight excluding hydrogens is 426 g/mol. The first kappa shape index (κ1) is 22.4. The zero-order chi connectivity index (χ0) is 21.9. The van der Waals surface area contributed by atoms with Crippen molar-refractivity contribution >= 4 is 32.5 Å². The van der Waals surface area contributed by atoms with Crippen molar-refractivity contribution in [1.82, 2.24) is 13.9 Å². The highest BCUT2D eigenvalue weighted by molar-refractivity contribution is 7.89. The summed E-state index contributed by atoms with van der Waals surface area (Å²) < 4.78 is 34.7. The molecule has 0 fully saturated rings. The quantitative estimate of drug-likeness (QED) is 0.492. The Labute approximate surface area is 180 Å². The summed E-state index contributed by atoms with van der Waals surface area (Å²) in [6.45, 7) is 2.36. The molecule has 0 amide bonds. The Morgan fingerprint density at radius 3 is 2.57 bits per heavy atom. The number of nitrogens with zero attached hydrogens (tertiary/aromatic N) is 3. The standard InChI is InChI=1S/C21H24ClN3O4S/c1-15(20-23-19-14-16(22)10-11-18(19)21(26)24(20)2)25(12-7-13-29-3)30(27,28)17-8-5-4-6-9-17/h4-6,8-11,14-15H,7,12-13H2,1-3H3. The van der Waals surface area contributed by atoms with Crippen molar-refractivity contribution in [1.29, 1.82) is 0 Å². The fourth-order valence-electron chi connectivity index (χ4n) is 3.38. The molecule has 0 aliphatic carbocycles. The lowest BCUT2D eigenvalue weighted by molar-refractivity contribution is 0.181. The van der Waals surface area contributed by atoms with Gasteiger partial charge in [-0.05, 0) is 43.7 Å². The fraction of sp³-hybridized carbons (Fsp3) is 0.333. The van der Waals surface area contributed by atoms with Crippen molar-refractivity contribution in [3.8, 4) is 0 Å². The van der Waals surface area contributed by atoms with Crippen LogP contribution < -0.4 is 5.56 Å². The van der Waals surface area contributed by atoms with E-state index < -0.39 is 16.1 Å². The summed E-state index contributed by atoms with van der Waals surface area (Å²) >= 11 is 6.07. The molecule has 1 heterocycles. The molecule has 3 aromatic rings. The number of fused-ring (bicyclic) bond motifs is 1. The molecule has 0 saturated carbocycles. The van der Waals surface area contributed by atoms with Crippen molar-refractivity contribution in [3.05, 3.63) is 69.7 Å². The summed E-state index contributed by atoms with van der Waals surface area (Å²) in [7, 11) is -0.661. The van der Waals surface area contributed by atoms with E-state index in [-0.39, 0.29) is 17.0 Å². The van der Waals surface area contributed by atoms with Crippen LogP contribution in [0.4, 0.5) is 0 Å². The number of rotatable bonds is 8. The maximum absolute atomic E-state index is 13.4. The molecule has 160 valence electrons. The third-order valence-electron chi connectivity index (χ3n) is 4.96. The maximum Gasteiger partial charge on any atom is 0.261 e. The third kappa shape index (κ3) is 4.41. The third-order valence-corrected chi connectivity index (χ3v) is 7.18. The summed E-state index contributed by atoms with van der Waals surface area (Å²) in [5.74, 6) is 0.340. The van der Waals surface area contributed by atoms with Crippen molar-refractivity contribution in [3.63, 3.8) is 0 Å². The lowest BCUT2D eigenvalue weighted by Gasteiger charge is -2.29. The number of aromatic nitrogens is 2. The Morgan fingerprint density at radius 1 is 1.20 bits per heavy atom. The molecule has 0 spiro atoms. The number of ether oxygens (including phenoxy) is 1. The summed E-state index contributed by atoms with van der Waals surface area (Å²) in [6.07, 6.45) is 0.500. The van der Waals surface area contributed by atoms with Crippen LogP contribution >= 0.6 is 11.6 Å². The second-order valence-electron chi connectivity index (χ2n) is 6.95. The first-order valence-electron chi connectivity index (χ1n) is 9.49. The summed E-state index contributed by atoms with van der Waals surface area (Å²) in [5.41, 5.74) is 0.175. The lowest BCUT2D eigenvalue weighted by Crippen LogP contribution is -2.38. The molecule has 7 nitrogen and oxygen atoms in total. The average molecular weight is 450 g/mol. The Kier molecular flexibility index (Phi) is 6.92. The van der Waals surface area contributed by atoms with E-state index >= 15 is 0 Å². The van der Waals surface area contributed by atoms with Gasteiger partial charge in [0.05, 0.1) is 21.8 Å².